The van der Waals surface area contributed by atoms with Crippen LogP contribution in [0.5, 0.6) is 0 Å². The Bertz CT molecular complexity index is 528. The third-order valence-corrected chi connectivity index (χ3v) is 3.40. The van der Waals surface area contributed by atoms with Crippen LogP contribution in [-0.4, -0.2) is 39.3 Å². The van der Waals surface area contributed by atoms with E-state index in [1.54, 1.807) is 6.33 Å². The van der Waals surface area contributed by atoms with E-state index in [0.717, 1.165) is 36.8 Å². The lowest BCUT2D eigenvalue weighted by Crippen LogP contribution is -2.32. The molecule has 3 rings (SSSR count). The SMILES string of the molecule is OCC1CCCN1c1cc(Nc2ccc[nH]2)ncn1. The van der Waals surface area contributed by atoms with Gasteiger partial charge in [-0.15, -0.1) is 0 Å². The van der Waals surface area contributed by atoms with Gasteiger partial charge in [-0.1, -0.05) is 0 Å². The number of aliphatic hydroxyl groups excluding tert-OH is 1. The highest BCUT2D eigenvalue weighted by Crippen LogP contribution is 2.25. The molecular formula is C13H17N5O. The highest BCUT2D eigenvalue weighted by molar-refractivity contribution is 5.56. The Hall–Kier alpha value is -2.08. The fourth-order valence-electron chi connectivity index (χ4n) is 2.45. The van der Waals surface area contributed by atoms with Gasteiger partial charge in [0, 0.05) is 18.8 Å². The van der Waals surface area contributed by atoms with Crippen LogP contribution in [-0.2, 0) is 0 Å². The molecule has 1 unspecified atom stereocenters. The maximum atomic E-state index is 9.37. The van der Waals surface area contributed by atoms with Crippen LogP contribution in [0.25, 0.3) is 0 Å². The van der Waals surface area contributed by atoms with Gasteiger partial charge in [-0.25, -0.2) is 9.97 Å². The van der Waals surface area contributed by atoms with E-state index in [1.807, 2.05) is 24.4 Å². The van der Waals surface area contributed by atoms with E-state index in [9.17, 15) is 5.11 Å². The van der Waals surface area contributed by atoms with Crippen LogP contribution in [0, 0.1) is 0 Å². The summed E-state index contributed by atoms with van der Waals surface area (Å²) in [6.45, 7) is 1.10. The molecule has 1 atom stereocenters. The van der Waals surface area contributed by atoms with Gasteiger partial charge in [0.05, 0.1) is 12.6 Å². The van der Waals surface area contributed by atoms with Gasteiger partial charge in [0.25, 0.3) is 0 Å². The Morgan fingerprint density at radius 3 is 3.21 bits per heavy atom. The fraction of sp³-hybridized carbons (Fsp3) is 0.385. The van der Waals surface area contributed by atoms with Crippen LogP contribution in [0.2, 0.25) is 0 Å². The second-order valence-electron chi connectivity index (χ2n) is 4.64. The Morgan fingerprint density at radius 2 is 2.42 bits per heavy atom. The molecule has 3 N–H and O–H groups in total. The first-order valence-electron chi connectivity index (χ1n) is 6.47. The Balaban J connectivity index is 1.79. The summed E-state index contributed by atoms with van der Waals surface area (Å²) in [7, 11) is 0. The van der Waals surface area contributed by atoms with Crippen LogP contribution in [0.3, 0.4) is 0 Å². The number of hydrogen-bond acceptors (Lipinski definition) is 5. The molecule has 0 amide bonds. The van der Waals surface area contributed by atoms with E-state index in [0.29, 0.717) is 0 Å². The van der Waals surface area contributed by atoms with Crippen LogP contribution < -0.4 is 10.2 Å². The molecule has 0 aromatic carbocycles. The molecule has 0 radical (unpaired) electrons. The largest absolute Gasteiger partial charge is 0.394 e. The van der Waals surface area contributed by atoms with Crippen molar-refractivity contribution in [2.75, 3.05) is 23.4 Å². The average molecular weight is 259 g/mol. The van der Waals surface area contributed by atoms with Gasteiger partial charge >= 0.3 is 0 Å². The van der Waals surface area contributed by atoms with Crippen molar-refractivity contribution in [2.45, 2.75) is 18.9 Å². The summed E-state index contributed by atoms with van der Waals surface area (Å²) in [5, 5.41) is 12.6. The topological polar surface area (TPSA) is 77.1 Å². The number of rotatable bonds is 4. The lowest BCUT2D eigenvalue weighted by atomic mass is 10.2. The van der Waals surface area contributed by atoms with Crippen molar-refractivity contribution >= 4 is 17.5 Å². The van der Waals surface area contributed by atoms with Crippen LogP contribution in [0.15, 0.2) is 30.7 Å². The Morgan fingerprint density at radius 1 is 1.47 bits per heavy atom. The zero-order valence-corrected chi connectivity index (χ0v) is 10.6. The van der Waals surface area contributed by atoms with Gasteiger partial charge in [-0.05, 0) is 25.0 Å². The minimum absolute atomic E-state index is 0.170. The molecule has 1 fully saturated rings. The number of hydrogen-bond donors (Lipinski definition) is 3. The van der Waals surface area contributed by atoms with Crippen LogP contribution >= 0.6 is 0 Å². The monoisotopic (exact) mass is 259 g/mol. The molecule has 0 bridgehead atoms. The molecule has 2 aromatic rings. The molecule has 1 saturated heterocycles. The first-order chi connectivity index (χ1) is 9.36. The van der Waals surface area contributed by atoms with E-state index < -0.39 is 0 Å². The molecule has 0 aliphatic carbocycles. The smallest absolute Gasteiger partial charge is 0.136 e. The molecule has 6 heteroatoms. The van der Waals surface area contributed by atoms with Gasteiger partial charge in [-0.2, -0.15) is 0 Å². The Kier molecular flexibility index (Phi) is 3.33. The Labute approximate surface area is 111 Å². The summed E-state index contributed by atoms with van der Waals surface area (Å²) in [4.78, 5) is 13.7. The van der Waals surface area contributed by atoms with Gasteiger partial charge in [-0.3, -0.25) is 0 Å². The molecular weight excluding hydrogens is 242 g/mol. The summed E-state index contributed by atoms with van der Waals surface area (Å²) < 4.78 is 0. The molecule has 1 aliphatic heterocycles. The number of aliphatic hydroxyl groups is 1. The highest BCUT2D eigenvalue weighted by Gasteiger charge is 2.25. The summed E-state index contributed by atoms with van der Waals surface area (Å²) in [6, 6.07) is 5.95. The van der Waals surface area contributed by atoms with E-state index >= 15 is 0 Å². The summed E-state index contributed by atoms with van der Waals surface area (Å²) >= 11 is 0. The summed E-state index contributed by atoms with van der Waals surface area (Å²) in [6.07, 6.45) is 5.51. The molecule has 3 heterocycles. The minimum Gasteiger partial charge on any atom is -0.394 e. The highest BCUT2D eigenvalue weighted by atomic mass is 16.3. The number of anilines is 3. The zero-order chi connectivity index (χ0) is 13.1. The van der Waals surface area contributed by atoms with E-state index in [-0.39, 0.29) is 12.6 Å². The predicted octanol–water partition coefficient (Wildman–Crippen LogP) is 1.51. The maximum Gasteiger partial charge on any atom is 0.136 e. The van der Waals surface area contributed by atoms with Gasteiger partial charge < -0.3 is 20.3 Å². The van der Waals surface area contributed by atoms with Crippen LogP contribution in [0.4, 0.5) is 17.5 Å². The number of aromatic nitrogens is 3. The minimum atomic E-state index is 0.170. The average Bonchev–Trinajstić information content (AvgIpc) is 3.09. The lowest BCUT2D eigenvalue weighted by Gasteiger charge is -2.24. The van der Waals surface area contributed by atoms with E-state index in [1.165, 1.54) is 0 Å². The second kappa shape index (κ2) is 5.27. The quantitative estimate of drug-likeness (QED) is 0.776. The summed E-state index contributed by atoms with van der Waals surface area (Å²) in [5.74, 6) is 2.50. The second-order valence-corrected chi connectivity index (χ2v) is 4.64. The molecule has 0 saturated carbocycles. The predicted molar refractivity (Wildman–Crippen MR) is 73.6 cm³/mol. The molecule has 19 heavy (non-hydrogen) atoms. The number of H-pyrrole nitrogens is 1. The van der Waals surface area contributed by atoms with Crippen molar-refractivity contribution in [3.63, 3.8) is 0 Å². The fourth-order valence-corrected chi connectivity index (χ4v) is 2.45. The summed E-state index contributed by atoms with van der Waals surface area (Å²) in [5.41, 5.74) is 0. The van der Waals surface area contributed by atoms with Crippen molar-refractivity contribution < 1.29 is 5.11 Å². The molecule has 1 aliphatic rings. The molecule has 0 spiro atoms. The number of nitrogens with one attached hydrogen (secondary N) is 2. The molecule has 2 aromatic heterocycles. The van der Waals surface area contributed by atoms with Crippen molar-refractivity contribution in [1.82, 2.24) is 15.0 Å². The normalized spacial score (nSPS) is 18.8. The van der Waals surface area contributed by atoms with E-state index in [2.05, 4.69) is 25.2 Å². The van der Waals surface area contributed by atoms with Crippen molar-refractivity contribution in [3.05, 3.63) is 30.7 Å². The standard InChI is InChI=1S/C13H17N5O/c19-8-10-3-2-6-18(10)13-7-12(15-9-16-13)17-11-4-1-5-14-11/h1,4-5,7,9-10,14,19H,2-3,6,8H2,(H,15,16,17). The number of nitrogens with zero attached hydrogens (tertiary/aromatic N) is 3. The van der Waals surface area contributed by atoms with E-state index in [4.69, 9.17) is 0 Å². The van der Waals surface area contributed by atoms with Gasteiger partial charge in [0.15, 0.2) is 0 Å². The van der Waals surface area contributed by atoms with Crippen LogP contribution in [0.1, 0.15) is 12.8 Å². The van der Waals surface area contributed by atoms with Gasteiger partial charge in [0.2, 0.25) is 0 Å². The first kappa shape index (κ1) is 12.0. The third-order valence-electron chi connectivity index (χ3n) is 3.40. The van der Waals surface area contributed by atoms with Crippen molar-refractivity contribution in [1.29, 1.82) is 0 Å². The first-order valence-corrected chi connectivity index (χ1v) is 6.47. The lowest BCUT2D eigenvalue weighted by molar-refractivity contribution is 0.266. The number of aromatic amines is 1. The molecule has 100 valence electrons. The molecule has 6 nitrogen and oxygen atoms in total. The third kappa shape index (κ3) is 2.53. The maximum absolute atomic E-state index is 9.37. The zero-order valence-electron chi connectivity index (χ0n) is 10.6. The van der Waals surface area contributed by atoms with Crippen molar-refractivity contribution in [3.8, 4) is 0 Å². The van der Waals surface area contributed by atoms with Crippen molar-refractivity contribution in [2.24, 2.45) is 0 Å². The van der Waals surface area contributed by atoms with Gasteiger partial charge in [0.1, 0.15) is 23.8 Å².